The van der Waals surface area contributed by atoms with Gasteiger partial charge in [0.05, 0.1) is 13.2 Å². The van der Waals surface area contributed by atoms with Crippen molar-refractivity contribution in [3.8, 4) is 11.5 Å². The minimum Gasteiger partial charge on any atom is -0.490 e. The Morgan fingerprint density at radius 2 is 1.88 bits per heavy atom. The molecule has 0 radical (unpaired) electrons. The number of hydrogen-bond acceptors (Lipinski definition) is 4. The molecule has 0 aliphatic rings. The summed E-state index contributed by atoms with van der Waals surface area (Å²) >= 11 is 3.50. The molecule has 5 nitrogen and oxygen atoms in total. The van der Waals surface area contributed by atoms with Crippen molar-refractivity contribution in [2.45, 2.75) is 20.1 Å². The molecule has 0 aliphatic heterocycles. The second kappa shape index (κ2) is 9.30. The van der Waals surface area contributed by atoms with Crippen molar-refractivity contribution in [3.63, 3.8) is 0 Å². The van der Waals surface area contributed by atoms with Gasteiger partial charge in [0.25, 0.3) is 0 Å². The fraction of sp³-hybridized carbons (Fsp3) is 0.278. The minimum absolute atomic E-state index is 0.0946. The van der Waals surface area contributed by atoms with Crippen LogP contribution >= 0.6 is 15.9 Å². The third-order valence-electron chi connectivity index (χ3n) is 3.24. The highest BCUT2D eigenvalue weighted by atomic mass is 79.9. The number of benzene rings is 2. The van der Waals surface area contributed by atoms with E-state index in [1.807, 2.05) is 49.4 Å². The van der Waals surface area contributed by atoms with Gasteiger partial charge in [0.1, 0.15) is 6.61 Å². The normalized spacial score (nSPS) is 10.4. The van der Waals surface area contributed by atoms with Crippen LogP contribution in [-0.2, 0) is 17.9 Å². The predicted octanol–water partition coefficient (Wildman–Crippen LogP) is 3.60. The summed E-state index contributed by atoms with van der Waals surface area (Å²) in [7, 11) is 0. The van der Waals surface area contributed by atoms with Crippen molar-refractivity contribution in [2.24, 2.45) is 0 Å². The summed E-state index contributed by atoms with van der Waals surface area (Å²) in [5.74, 6) is 0.400. The van der Waals surface area contributed by atoms with E-state index in [1.165, 1.54) is 0 Å². The zero-order chi connectivity index (χ0) is 17.4. The molecule has 6 heteroatoms. The van der Waals surface area contributed by atoms with Crippen LogP contribution < -0.4 is 14.8 Å². The van der Waals surface area contributed by atoms with Crippen LogP contribution in [0.5, 0.6) is 11.5 Å². The Kier molecular flexibility index (Phi) is 7.08. The van der Waals surface area contributed by atoms with Crippen molar-refractivity contribution in [2.75, 3.05) is 13.2 Å². The van der Waals surface area contributed by atoms with Gasteiger partial charge in [-0.2, -0.15) is 0 Å². The molecule has 0 saturated heterocycles. The van der Waals surface area contributed by atoms with E-state index < -0.39 is 5.97 Å². The molecule has 0 bridgehead atoms. The highest BCUT2D eigenvalue weighted by Gasteiger charge is 2.11. The van der Waals surface area contributed by atoms with Crippen molar-refractivity contribution in [1.82, 2.24) is 5.32 Å². The number of ether oxygens (including phenoxy) is 2. The van der Waals surface area contributed by atoms with E-state index in [0.717, 1.165) is 15.6 Å². The third kappa shape index (κ3) is 5.54. The maximum Gasteiger partial charge on any atom is 0.317 e. The summed E-state index contributed by atoms with van der Waals surface area (Å²) in [5.41, 5.74) is 1.98. The average Bonchev–Trinajstić information content (AvgIpc) is 2.57. The van der Waals surface area contributed by atoms with Crippen LogP contribution in [0, 0.1) is 0 Å². The lowest BCUT2D eigenvalue weighted by Gasteiger charge is -2.15. The van der Waals surface area contributed by atoms with E-state index in [2.05, 4.69) is 21.2 Å². The Balaban J connectivity index is 2.11. The SMILES string of the molecule is CCOc1cc(CNCC(=O)O)c(Br)cc1OCc1ccccc1. The van der Waals surface area contributed by atoms with Gasteiger partial charge >= 0.3 is 5.97 Å². The highest BCUT2D eigenvalue weighted by molar-refractivity contribution is 9.10. The minimum atomic E-state index is -0.890. The van der Waals surface area contributed by atoms with Crippen molar-refractivity contribution in [3.05, 3.63) is 58.1 Å². The number of carboxylic acid groups (broad SMARTS) is 1. The second-order valence-corrected chi connectivity index (χ2v) is 5.95. The number of nitrogens with one attached hydrogen (secondary N) is 1. The molecule has 2 aromatic rings. The predicted molar refractivity (Wildman–Crippen MR) is 95.4 cm³/mol. The number of rotatable bonds is 9. The molecule has 0 amide bonds. The molecule has 24 heavy (non-hydrogen) atoms. The van der Waals surface area contributed by atoms with Crippen LogP contribution in [-0.4, -0.2) is 24.2 Å². The quantitative estimate of drug-likeness (QED) is 0.680. The summed E-state index contributed by atoms with van der Waals surface area (Å²) in [4.78, 5) is 10.6. The Bertz CT molecular complexity index is 676. The first-order valence-electron chi connectivity index (χ1n) is 7.64. The summed E-state index contributed by atoms with van der Waals surface area (Å²) in [6.07, 6.45) is 0. The third-order valence-corrected chi connectivity index (χ3v) is 3.98. The number of hydrogen-bond donors (Lipinski definition) is 2. The Morgan fingerprint density at radius 1 is 1.17 bits per heavy atom. The molecule has 0 unspecified atom stereocenters. The van der Waals surface area contributed by atoms with E-state index in [1.54, 1.807) is 0 Å². The molecule has 0 aliphatic carbocycles. The van der Waals surface area contributed by atoms with Crippen LogP contribution in [0.4, 0.5) is 0 Å². The zero-order valence-electron chi connectivity index (χ0n) is 13.4. The fourth-order valence-electron chi connectivity index (χ4n) is 2.13. The number of halogens is 1. The molecule has 0 heterocycles. The summed E-state index contributed by atoms with van der Waals surface area (Å²) in [5, 5.41) is 11.6. The molecule has 0 saturated carbocycles. The lowest BCUT2D eigenvalue weighted by Crippen LogP contribution is -2.22. The average molecular weight is 394 g/mol. The first-order valence-corrected chi connectivity index (χ1v) is 8.44. The Hall–Kier alpha value is -2.05. The Labute approximate surface area is 149 Å². The molecule has 128 valence electrons. The van der Waals surface area contributed by atoms with E-state index in [4.69, 9.17) is 14.6 Å². The van der Waals surface area contributed by atoms with Crippen LogP contribution in [0.25, 0.3) is 0 Å². The molecule has 2 N–H and O–H groups in total. The smallest absolute Gasteiger partial charge is 0.317 e. The number of aliphatic carboxylic acids is 1. The van der Waals surface area contributed by atoms with Gasteiger partial charge in [-0.1, -0.05) is 46.3 Å². The van der Waals surface area contributed by atoms with Crippen molar-refractivity contribution in [1.29, 1.82) is 0 Å². The lowest BCUT2D eigenvalue weighted by atomic mass is 10.2. The van der Waals surface area contributed by atoms with Crippen molar-refractivity contribution >= 4 is 21.9 Å². The van der Waals surface area contributed by atoms with E-state index in [0.29, 0.717) is 31.3 Å². The van der Waals surface area contributed by atoms with Crippen LogP contribution in [0.1, 0.15) is 18.1 Å². The molecule has 2 rings (SSSR count). The monoisotopic (exact) mass is 393 g/mol. The summed E-state index contributed by atoms with van der Waals surface area (Å²) in [6.45, 7) is 3.20. The van der Waals surface area contributed by atoms with Gasteiger partial charge in [0, 0.05) is 11.0 Å². The van der Waals surface area contributed by atoms with E-state index in [-0.39, 0.29) is 6.54 Å². The molecule has 0 atom stereocenters. The van der Waals surface area contributed by atoms with Gasteiger partial charge in [-0.3, -0.25) is 4.79 Å². The Morgan fingerprint density at radius 3 is 2.54 bits per heavy atom. The first kappa shape index (κ1) is 18.3. The number of carboxylic acids is 1. The van der Waals surface area contributed by atoms with E-state index >= 15 is 0 Å². The standard InChI is InChI=1S/C18H20BrNO4/c1-2-23-16-8-14(10-20-11-18(21)22)15(19)9-17(16)24-12-13-6-4-3-5-7-13/h3-9,20H,2,10-12H2,1H3,(H,21,22). The van der Waals surface area contributed by atoms with Gasteiger partial charge in [-0.05, 0) is 30.2 Å². The fourth-order valence-corrected chi connectivity index (χ4v) is 2.60. The zero-order valence-corrected chi connectivity index (χ0v) is 15.0. The van der Waals surface area contributed by atoms with Gasteiger partial charge in [-0.25, -0.2) is 0 Å². The van der Waals surface area contributed by atoms with Crippen LogP contribution in [0.3, 0.4) is 0 Å². The summed E-state index contributed by atoms with van der Waals surface area (Å²) < 4.78 is 12.4. The second-order valence-electron chi connectivity index (χ2n) is 5.09. The van der Waals surface area contributed by atoms with E-state index in [9.17, 15) is 4.79 Å². The maximum atomic E-state index is 10.6. The largest absolute Gasteiger partial charge is 0.490 e. The van der Waals surface area contributed by atoms with Gasteiger partial charge in [-0.15, -0.1) is 0 Å². The van der Waals surface area contributed by atoms with Gasteiger partial charge in [0.15, 0.2) is 11.5 Å². The molecule has 2 aromatic carbocycles. The summed E-state index contributed by atoms with van der Waals surface area (Å²) in [6, 6.07) is 13.6. The topological polar surface area (TPSA) is 67.8 Å². The van der Waals surface area contributed by atoms with Crippen LogP contribution in [0.2, 0.25) is 0 Å². The van der Waals surface area contributed by atoms with Gasteiger partial charge < -0.3 is 19.9 Å². The molecular weight excluding hydrogens is 374 g/mol. The van der Waals surface area contributed by atoms with Gasteiger partial charge in [0.2, 0.25) is 0 Å². The number of carbonyl (C=O) groups is 1. The molecule has 0 fully saturated rings. The van der Waals surface area contributed by atoms with Crippen LogP contribution in [0.15, 0.2) is 46.9 Å². The molecule has 0 spiro atoms. The molecule has 0 aromatic heterocycles. The maximum absolute atomic E-state index is 10.6. The molecular formula is C18H20BrNO4. The first-order chi connectivity index (χ1) is 11.6. The highest BCUT2D eigenvalue weighted by Crippen LogP contribution is 2.34. The van der Waals surface area contributed by atoms with Crippen molar-refractivity contribution < 1.29 is 19.4 Å². The lowest BCUT2D eigenvalue weighted by molar-refractivity contribution is -0.135.